The van der Waals surface area contributed by atoms with Crippen molar-refractivity contribution >= 4 is 11.8 Å². The zero-order chi connectivity index (χ0) is 15.4. The van der Waals surface area contributed by atoms with Crippen molar-refractivity contribution in [2.24, 2.45) is 0 Å². The predicted octanol–water partition coefficient (Wildman–Crippen LogP) is 2.90. The molecule has 0 aliphatic carbocycles. The van der Waals surface area contributed by atoms with E-state index in [2.05, 4.69) is 0 Å². The minimum absolute atomic E-state index is 0.0161. The molecule has 0 saturated heterocycles. The average molecular weight is 285 g/mol. The van der Waals surface area contributed by atoms with Crippen LogP contribution in [0, 0.1) is 13.8 Å². The molecule has 2 rings (SSSR count). The van der Waals surface area contributed by atoms with E-state index in [1.165, 1.54) is 6.92 Å². The highest BCUT2D eigenvalue weighted by Gasteiger charge is 2.16. The summed E-state index contributed by atoms with van der Waals surface area (Å²) in [6.45, 7) is 6.11. The smallest absolute Gasteiger partial charge is 0.302 e. The molecule has 1 aromatic heterocycles. The van der Waals surface area contributed by atoms with Gasteiger partial charge in [0, 0.05) is 29.4 Å². The summed E-state index contributed by atoms with van der Waals surface area (Å²) in [5.41, 5.74) is 3.26. The molecule has 0 N–H and O–H groups in total. The second kappa shape index (κ2) is 6.39. The molecule has 4 heteroatoms. The number of ether oxygens (including phenoxy) is 1. The SMILES string of the molecule is CC(=O)OCCn1c(C)cc(C(=O)c2ccccc2)c1C. The van der Waals surface area contributed by atoms with Crippen LogP contribution in [0.3, 0.4) is 0 Å². The van der Waals surface area contributed by atoms with Crippen molar-refractivity contribution < 1.29 is 14.3 Å². The third kappa shape index (κ3) is 3.40. The van der Waals surface area contributed by atoms with Crippen molar-refractivity contribution in [2.75, 3.05) is 6.61 Å². The summed E-state index contributed by atoms with van der Waals surface area (Å²) >= 11 is 0. The first kappa shape index (κ1) is 15.0. The zero-order valence-electron chi connectivity index (χ0n) is 12.6. The molecule has 0 unspecified atom stereocenters. The second-order valence-corrected chi connectivity index (χ2v) is 4.97. The Bertz CT molecular complexity index is 656. The van der Waals surface area contributed by atoms with Gasteiger partial charge in [-0.15, -0.1) is 0 Å². The van der Waals surface area contributed by atoms with Gasteiger partial charge in [0.15, 0.2) is 5.78 Å². The van der Waals surface area contributed by atoms with E-state index in [1.54, 1.807) is 0 Å². The quantitative estimate of drug-likeness (QED) is 0.627. The third-order valence-electron chi connectivity index (χ3n) is 3.47. The molecule has 0 aliphatic heterocycles. The fourth-order valence-corrected chi connectivity index (χ4v) is 2.40. The lowest BCUT2D eigenvalue weighted by atomic mass is 10.0. The van der Waals surface area contributed by atoms with Gasteiger partial charge in [0.05, 0.1) is 6.54 Å². The molecule has 1 heterocycles. The third-order valence-corrected chi connectivity index (χ3v) is 3.47. The number of rotatable bonds is 5. The molecule has 0 amide bonds. The van der Waals surface area contributed by atoms with Gasteiger partial charge in [-0.3, -0.25) is 9.59 Å². The molecule has 0 spiro atoms. The van der Waals surface area contributed by atoms with Gasteiger partial charge < -0.3 is 9.30 Å². The maximum absolute atomic E-state index is 12.5. The summed E-state index contributed by atoms with van der Waals surface area (Å²) in [7, 11) is 0. The second-order valence-electron chi connectivity index (χ2n) is 4.97. The number of ketones is 1. The van der Waals surface area contributed by atoms with E-state index >= 15 is 0 Å². The largest absolute Gasteiger partial charge is 0.464 e. The predicted molar refractivity (Wildman–Crippen MR) is 80.4 cm³/mol. The Morgan fingerprint density at radius 2 is 1.81 bits per heavy atom. The molecular formula is C17H19NO3. The minimum Gasteiger partial charge on any atom is -0.464 e. The van der Waals surface area contributed by atoms with E-state index in [1.807, 2.05) is 54.8 Å². The number of nitrogens with zero attached hydrogens (tertiary/aromatic N) is 1. The Morgan fingerprint density at radius 1 is 1.14 bits per heavy atom. The van der Waals surface area contributed by atoms with Gasteiger partial charge in [-0.05, 0) is 19.9 Å². The van der Waals surface area contributed by atoms with Gasteiger partial charge in [0.1, 0.15) is 6.61 Å². The lowest BCUT2D eigenvalue weighted by Crippen LogP contribution is -2.12. The van der Waals surface area contributed by atoms with Gasteiger partial charge in [-0.2, -0.15) is 0 Å². The number of aryl methyl sites for hydroxylation is 1. The van der Waals surface area contributed by atoms with E-state index in [9.17, 15) is 9.59 Å². The first-order valence-corrected chi connectivity index (χ1v) is 6.90. The first-order valence-electron chi connectivity index (χ1n) is 6.90. The Morgan fingerprint density at radius 3 is 2.43 bits per heavy atom. The molecule has 0 fully saturated rings. The normalized spacial score (nSPS) is 10.4. The summed E-state index contributed by atoms with van der Waals surface area (Å²) in [6, 6.07) is 11.1. The minimum atomic E-state index is -0.293. The first-order chi connectivity index (χ1) is 10.0. The van der Waals surface area contributed by atoms with Crippen LogP contribution in [0.1, 0.15) is 34.2 Å². The van der Waals surface area contributed by atoms with Gasteiger partial charge >= 0.3 is 5.97 Å². The van der Waals surface area contributed by atoms with E-state index in [0.717, 1.165) is 11.4 Å². The summed E-state index contributed by atoms with van der Waals surface area (Å²) in [4.78, 5) is 23.3. The molecule has 0 radical (unpaired) electrons. The van der Waals surface area contributed by atoms with Crippen LogP contribution in [-0.2, 0) is 16.1 Å². The Balaban J connectivity index is 2.22. The van der Waals surface area contributed by atoms with Gasteiger partial charge in [-0.25, -0.2) is 0 Å². The topological polar surface area (TPSA) is 48.3 Å². The number of benzene rings is 1. The molecule has 0 aliphatic rings. The van der Waals surface area contributed by atoms with E-state index in [0.29, 0.717) is 24.3 Å². The van der Waals surface area contributed by atoms with Crippen LogP contribution in [0.25, 0.3) is 0 Å². The fraction of sp³-hybridized carbons (Fsp3) is 0.294. The lowest BCUT2D eigenvalue weighted by Gasteiger charge is -2.09. The number of hydrogen-bond donors (Lipinski definition) is 0. The summed E-state index contributed by atoms with van der Waals surface area (Å²) in [5.74, 6) is -0.277. The maximum Gasteiger partial charge on any atom is 0.302 e. The highest BCUT2D eigenvalue weighted by atomic mass is 16.5. The van der Waals surface area contributed by atoms with Gasteiger partial charge in [0.2, 0.25) is 0 Å². The van der Waals surface area contributed by atoms with Crippen LogP contribution in [0.5, 0.6) is 0 Å². The van der Waals surface area contributed by atoms with Crippen LogP contribution in [0.15, 0.2) is 36.4 Å². The Kier molecular flexibility index (Phi) is 4.58. The van der Waals surface area contributed by atoms with E-state index < -0.39 is 0 Å². The number of carbonyl (C=O) groups is 2. The molecule has 110 valence electrons. The van der Waals surface area contributed by atoms with Crippen molar-refractivity contribution in [1.29, 1.82) is 0 Å². The Hall–Kier alpha value is -2.36. The van der Waals surface area contributed by atoms with Crippen LogP contribution in [0.2, 0.25) is 0 Å². The van der Waals surface area contributed by atoms with Gasteiger partial charge in [0.25, 0.3) is 0 Å². The summed E-state index contributed by atoms with van der Waals surface area (Å²) in [5, 5.41) is 0. The molecule has 0 atom stereocenters. The van der Waals surface area contributed by atoms with Crippen LogP contribution in [-0.4, -0.2) is 22.9 Å². The number of esters is 1. The zero-order valence-corrected chi connectivity index (χ0v) is 12.6. The molecule has 0 bridgehead atoms. The molecular weight excluding hydrogens is 266 g/mol. The highest BCUT2D eigenvalue weighted by Crippen LogP contribution is 2.19. The van der Waals surface area contributed by atoms with Crippen molar-refractivity contribution in [2.45, 2.75) is 27.3 Å². The van der Waals surface area contributed by atoms with Crippen molar-refractivity contribution in [3.05, 3.63) is 58.9 Å². The number of aromatic nitrogens is 1. The molecule has 0 saturated carbocycles. The van der Waals surface area contributed by atoms with E-state index in [4.69, 9.17) is 4.74 Å². The molecule has 21 heavy (non-hydrogen) atoms. The number of hydrogen-bond acceptors (Lipinski definition) is 3. The Labute approximate surface area is 124 Å². The molecule has 1 aromatic carbocycles. The highest BCUT2D eigenvalue weighted by molar-refractivity contribution is 6.09. The van der Waals surface area contributed by atoms with Crippen molar-refractivity contribution in [3.63, 3.8) is 0 Å². The fourth-order valence-electron chi connectivity index (χ4n) is 2.40. The average Bonchev–Trinajstić information content (AvgIpc) is 2.75. The molecule has 2 aromatic rings. The van der Waals surface area contributed by atoms with Crippen LogP contribution >= 0.6 is 0 Å². The van der Waals surface area contributed by atoms with Crippen LogP contribution in [0.4, 0.5) is 0 Å². The standard InChI is InChI=1S/C17H19NO3/c1-12-11-16(17(20)15-7-5-4-6-8-15)13(2)18(12)9-10-21-14(3)19/h4-8,11H,9-10H2,1-3H3. The summed E-state index contributed by atoms with van der Waals surface area (Å²) < 4.78 is 6.96. The number of carbonyl (C=O) groups excluding carboxylic acids is 2. The monoisotopic (exact) mass is 285 g/mol. The van der Waals surface area contributed by atoms with Gasteiger partial charge in [-0.1, -0.05) is 30.3 Å². The lowest BCUT2D eigenvalue weighted by molar-refractivity contribution is -0.141. The van der Waals surface area contributed by atoms with Crippen molar-refractivity contribution in [3.8, 4) is 0 Å². The summed E-state index contributed by atoms with van der Waals surface area (Å²) in [6.07, 6.45) is 0. The maximum atomic E-state index is 12.5. The molecule has 4 nitrogen and oxygen atoms in total. The van der Waals surface area contributed by atoms with E-state index in [-0.39, 0.29) is 11.8 Å². The van der Waals surface area contributed by atoms with Crippen LogP contribution < -0.4 is 0 Å². The van der Waals surface area contributed by atoms with Crippen molar-refractivity contribution in [1.82, 2.24) is 4.57 Å².